The molecule has 2 N–H and O–H groups in total. The zero-order chi connectivity index (χ0) is 10.2. The van der Waals surface area contributed by atoms with E-state index in [1.807, 2.05) is 6.92 Å². The SMILES string of the molecule is Cc1nc([C@H](N)C(C)(C)C)c(C)s1. The maximum atomic E-state index is 6.13. The van der Waals surface area contributed by atoms with Crippen molar-refractivity contribution in [3.63, 3.8) is 0 Å². The molecule has 13 heavy (non-hydrogen) atoms. The molecule has 0 aliphatic rings. The Labute approximate surface area is 84.2 Å². The quantitative estimate of drug-likeness (QED) is 0.753. The molecular formula is C10H18N2S. The van der Waals surface area contributed by atoms with Crippen molar-refractivity contribution >= 4 is 11.3 Å². The average molecular weight is 198 g/mol. The van der Waals surface area contributed by atoms with Crippen molar-refractivity contribution in [3.05, 3.63) is 15.6 Å². The number of nitrogens with zero attached hydrogens (tertiary/aromatic N) is 1. The summed E-state index contributed by atoms with van der Waals surface area (Å²) in [5.74, 6) is 0. The Bertz CT molecular complexity index is 296. The molecule has 0 unspecified atom stereocenters. The first-order chi connectivity index (χ1) is 5.82. The summed E-state index contributed by atoms with van der Waals surface area (Å²) in [4.78, 5) is 5.72. The van der Waals surface area contributed by atoms with Gasteiger partial charge in [-0.15, -0.1) is 11.3 Å². The van der Waals surface area contributed by atoms with Crippen LogP contribution < -0.4 is 5.73 Å². The predicted molar refractivity (Wildman–Crippen MR) is 58.0 cm³/mol. The second-order valence-corrected chi connectivity index (χ2v) is 5.93. The van der Waals surface area contributed by atoms with Crippen LogP contribution in [0.2, 0.25) is 0 Å². The summed E-state index contributed by atoms with van der Waals surface area (Å²) in [5, 5.41) is 1.10. The lowest BCUT2D eigenvalue weighted by atomic mass is 9.85. The number of aryl methyl sites for hydroxylation is 2. The van der Waals surface area contributed by atoms with E-state index in [2.05, 4.69) is 32.7 Å². The predicted octanol–water partition coefficient (Wildman–Crippen LogP) is 2.81. The molecule has 0 radical (unpaired) electrons. The number of nitrogens with two attached hydrogens (primary N) is 1. The maximum Gasteiger partial charge on any atom is 0.0900 e. The second-order valence-electron chi connectivity index (χ2n) is 4.52. The number of hydrogen-bond acceptors (Lipinski definition) is 3. The Balaban J connectivity index is 3.01. The van der Waals surface area contributed by atoms with Crippen LogP contribution in [0.3, 0.4) is 0 Å². The molecule has 1 rings (SSSR count). The van der Waals surface area contributed by atoms with Gasteiger partial charge in [-0.05, 0) is 19.3 Å². The van der Waals surface area contributed by atoms with Crippen LogP contribution >= 0.6 is 11.3 Å². The van der Waals surface area contributed by atoms with E-state index in [1.165, 1.54) is 4.88 Å². The third-order valence-corrected chi connectivity index (χ3v) is 3.07. The van der Waals surface area contributed by atoms with Crippen molar-refractivity contribution in [2.45, 2.75) is 40.7 Å². The standard InChI is InChI=1S/C10H18N2S/c1-6-8(12-7(2)13-6)9(11)10(3,4)5/h9H,11H2,1-5H3/t9-/m0/s1. The van der Waals surface area contributed by atoms with Gasteiger partial charge < -0.3 is 5.73 Å². The van der Waals surface area contributed by atoms with Gasteiger partial charge in [0.05, 0.1) is 16.7 Å². The van der Waals surface area contributed by atoms with Gasteiger partial charge in [0.25, 0.3) is 0 Å². The second kappa shape index (κ2) is 3.39. The van der Waals surface area contributed by atoms with Gasteiger partial charge >= 0.3 is 0 Å². The molecule has 0 aliphatic heterocycles. The van der Waals surface area contributed by atoms with Gasteiger partial charge in [0.15, 0.2) is 0 Å². The maximum absolute atomic E-state index is 6.13. The fourth-order valence-corrected chi connectivity index (χ4v) is 2.11. The molecule has 0 aromatic carbocycles. The first-order valence-corrected chi connectivity index (χ1v) is 5.33. The van der Waals surface area contributed by atoms with Crippen molar-refractivity contribution in [3.8, 4) is 0 Å². The third kappa shape index (κ3) is 2.29. The third-order valence-electron chi connectivity index (χ3n) is 2.17. The van der Waals surface area contributed by atoms with Gasteiger partial charge in [0.1, 0.15) is 0 Å². The monoisotopic (exact) mass is 198 g/mol. The van der Waals surface area contributed by atoms with Gasteiger partial charge in [-0.1, -0.05) is 20.8 Å². The Morgan fingerprint density at radius 1 is 1.31 bits per heavy atom. The molecule has 1 aromatic rings. The van der Waals surface area contributed by atoms with E-state index < -0.39 is 0 Å². The van der Waals surface area contributed by atoms with Gasteiger partial charge in [-0.3, -0.25) is 0 Å². The van der Waals surface area contributed by atoms with Gasteiger partial charge in [0.2, 0.25) is 0 Å². The van der Waals surface area contributed by atoms with Crippen molar-refractivity contribution < 1.29 is 0 Å². The highest BCUT2D eigenvalue weighted by Crippen LogP contribution is 2.33. The van der Waals surface area contributed by atoms with Crippen LogP contribution in [-0.4, -0.2) is 4.98 Å². The Hall–Kier alpha value is -0.410. The van der Waals surface area contributed by atoms with E-state index in [9.17, 15) is 0 Å². The zero-order valence-electron chi connectivity index (χ0n) is 9.01. The molecule has 1 heterocycles. The highest BCUT2D eigenvalue weighted by atomic mass is 32.1. The van der Waals surface area contributed by atoms with E-state index in [-0.39, 0.29) is 11.5 Å². The highest BCUT2D eigenvalue weighted by molar-refractivity contribution is 7.11. The van der Waals surface area contributed by atoms with Crippen LogP contribution in [0.15, 0.2) is 0 Å². The minimum absolute atomic E-state index is 0.0393. The molecule has 0 bridgehead atoms. The highest BCUT2D eigenvalue weighted by Gasteiger charge is 2.25. The van der Waals surface area contributed by atoms with Gasteiger partial charge in [-0.25, -0.2) is 4.98 Å². The first kappa shape index (κ1) is 10.7. The summed E-state index contributed by atoms with van der Waals surface area (Å²) in [5.41, 5.74) is 7.28. The normalized spacial score (nSPS) is 14.6. The molecule has 0 spiro atoms. The molecule has 0 fully saturated rings. The summed E-state index contributed by atoms with van der Waals surface area (Å²) >= 11 is 1.72. The van der Waals surface area contributed by atoms with Crippen LogP contribution in [0.1, 0.15) is 42.4 Å². The Morgan fingerprint density at radius 3 is 2.15 bits per heavy atom. The lowest BCUT2D eigenvalue weighted by Gasteiger charge is -2.26. The molecule has 74 valence electrons. The van der Waals surface area contributed by atoms with Gasteiger partial charge in [0, 0.05) is 4.88 Å². The van der Waals surface area contributed by atoms with E-state index in [4.69, 9.17) is 5.73 Å². The van der Waals surface area contributed by atoms with Gasteiger partial charge in [-0.2, -0.15) is 0 Å². The Kier molecular flexibility index (Phi) is 2.78. The van der Waals surface area contributed by atoms with E-state index in [1.54, 1.807) is 11.3 Å². The van der Waals surface area contributed by atoms with E-state index in [0.717, 1.165) is 10.7 Å². The first-order valence-electron chi connectivity index (χ1n) is 4.52. The molecule has 0 aliphatic carbocycles. The zero-order valence-corrected chi connectivity index (χ0v) is 9.83. The van der Waals surface area contributed by atoms with Crippen LogP contribution in [-0.2, 0) is 0 Å². The molecule has 0 saturated carbocycles. The van der Waals surface area contributed by atoms with E-state index in [0.29, 0.717) is 0 Å². The van der Waals surface area contributed by atoms with Crippen LogP contribution in [0, 0.1) is 19.3 Å². The molecule has 3 heteroatoms. The summed E-state index contributed by atoms with van der Waals surface area (Å²) in [6.45, 7) is 10.5. The molecule has 0 saturated heterocycles. The molecule has 1 atom stereocenters. The topological polar surface area (TPSA) is 38.9 Å². The molecule has 1 aromatic heterocycles. The number of rotatable bonds is 1. The fraction of sp³-hybridized carbons (Fsp3) is 0.700. The molecular weight excluding hydrogens is 180 g/mol. The van der Waals surface area contributed by atoms with Crippen LogP contribution in [0.5, 0.6) is 0 Å². The Morgan fingerprint density at radius 2 is 1.85 bits per heavy atom. The summed E-state index contributed by atoms with van der Waals surface area (Å²) in [7, 11) is 0. The molecule has 2 nitrogen and oxygen atoms in total. The smallest absolute Gasteiger partial charge is 0.0900 e. The number of hydrogen-bond donors (Lipinski definition) is 1. The minimum Gasteiger partial charge on any atom is -0.322 e. The van der Waals surface area contributed by atoms with E-state index >= 15 is 0 Å². The number of thiazole rings is 1. The lowest BCUT2D eigenvalue weighted by molar-refractivity contribution is 0.321. The van der Waals surface area contributed by atoms with Crippen LogP contribution in [0.25, 0.3) is 0 Å². The van der Waals surface area contributed by atoms with Crippen LogP contribution in [0.4, 0.5) is 0 Å². The molecule has 0 amide bonds. The largest absolute Gasteiger partial charge is 0.322 e. The van der Waals surface area contributed by atoms with Crippen molar-refractivity contribution in [2.24, 2.45) is 11.1 Å². The van der Waals surface area contributed by atoms with Crippen molar-refractivity contribution in [1.82, 2.24) is 4.98 Å². The number of aromatic nitrogens is 1. The summed E-state index contributed by atoms with van der Waals surface area (Å²) < 4.78 is 0. The van der Waals surface area contributed by atoms with Crippen molar-refractivity contribution in [2.75, 3.05) is 0 Å². The van der Waals surface area contributed by atoms with Crippen molar-refractivity contribution in [1.29, 1.82) is 0 Å². The summed E-state index contributed by atoms with van der Waals surface area (Å²) in [6.07, 6.45) is 0. The summed E-state index contributed by atoms with van der Waals surface area (Å²) in [6, 6.07) is 0.0393. The lowest BCUT2D eigenvalue weighted by Crippen LogP contribution is -2.27. The minimum atomic E-state index is 0.0393. The fourth-order valence-electron chi connectivity index (χ4n) is 1.24. The average Bonchev–Trinajstić information content (AvgIpc) is 2.26.